The van der Waals surface area contributed by atoms with Gasteiger partial charge in [-0.05, 0) is 38.3 Å². The second-order valence-electron chi connectivity index (χ2n) is 9.50. The van der Waals surface area contributed by atoms with E-state index in [0.717, 1.165) is 16.8 Å². The number of nitrogen functional groups attached to an aromatic ring is 1. The van der Waals surface area contributed by atoms with Crippen molar-refractivity contribution in [1.29, 1.82) is 0 Å². The maximum Gasteiger partial charge on any atom is 0.278 e. The molecule has 0 fully saturated rings. The minimum atomic E-state index is -0.565. The topological polar surface area (TPSA) is 162 Å². The Labute approximate surface area is 203 Å². The molecule has 0 aliphatic carbocycles. The van der Waals surface area contributed by atoms with Crippen LogP contribution in [-0.4, -0.2) is 52.3 Å². The molecule has 4 aromatic heterocycles. The third kappa shape index (κ3) is 4.94. The molecule has 1 unspecified atom stereocenters. The molecule has 0 amide bonds. The Balaban J connectivity index is 1.60. The molecule has 35 heavy (non-hydrogen) atoms. The molecular weight excluding hydrogens is 446 g/mol. The van der Waals surface area contributed by atoms with Gasteiger partial charge < -0.3 is 20.7 Å². The van der Waals surface area contributed by atoms with Gasteiger partial charge in [0.2, 0.25) is 5.95 Å². The van der Waals surface area contributed by atoms with E-state index < -0.39 is 11.0 Å². The van der Waals surface area contributed by atoms with Gasteiger partial charge in [-0.1, -0.05) is 25.1 Å². The minimum absolute atomic E-state index is 0.0408. The zero-order valence-corrected chi connectivity index (χ0v) is 20.4. The number of hydrogen-bond donors (Lipinski definition) is 3. The van der Waals surface area contributed by atoms with E-state index in [0.29, 0.717) is 17.3 Å². The van der Waals surface area contributed by atoms with Crippen LogP contribution in [0.15, 0.2) is 47.6 Å². The predicted octanol–water partition coefficient (Wildman–Crippen LogP) is 3.11. The van der Waals surface area contributed by atoms with E-state index in [9.17, 15) is 5.11 Å². The normalized spacial score (nSPS) is 13.6. The Morgan fingerprint density at radius 3 is 2.23 bits per heavy atom. The van der Waals surface area contributed by atoms with Crippen LogP contribution in [0.4, 0.5) is 11.8 Å². The van der Waals surface area contributed by atoms with E-state index in [4.69, 9.17) is 10.3 Å². The fourth-order valence-electron chi connectivity index (χ4n) is 3.49. The highest BCUT2D eigenvalue weighted by molar-refractivity contribution is 5.57. The predicted molar refractivity (Wildman–Crippen MR) is 131 cm³/mol. The highest BCUT2D eigenvalue weighted by Crippen LogP contribution is 2.38. The zero-order valence-electron chi connectivity index (χ0n) is 20.4. The highest BCUT2D eigenvalue weighted by atomic mass is 16.5. The second-order valence-corrected chi connectivity index (χ2v) is 9.50. The van der Waals surface area contributed by atoms with Crippen LogP contribution in [0.5, 0.6) is 0 Å². The van der Waals surface area contributed by atoms with Crippen LogP contribution in [0.3, 0.4) is 0 Å². The first-order chi connectivity index (χ1) is 16.6. The third-order valence-corrected chi connectivity index (χ3v) is 6.11. The van der Waals surface area contributed by atoms with Crippen molar-refractivity contribution in [3.05, 3.63) is 54.5 Å². The van der Waals surface area contributed by atoms with Crippen LogP contribution in [0.2, 0.25) is 0 Å². The van der Waals surface area contributed by atoms with Crippen molar-refractivity contribution in [2.45, 2.75) is 45.6 Å². The first kappa shape index (κ1) is 24.1. The Kier molecular flexibility index (Phi) is 6.44. The van der Waals surface area contributed by atoms with E-state index in [1.54, 1.807) is 24.8 Å². The summed E-state index contributed by atoms with van der Waals surface area (Å²) in [7, 11) is 0. The fraction of sp³-hybridized carbons (Fsp3) is 0.375. The molecule has 0 bridgehead atoms. The number of nitrogens with two attached hydrogens (primary N) is 1. The van der Waals surface area contributed by atoms with Gasteiger partial charge in [-0.25, -0.2) is 19.9 Å². The number of rotatable bonds is 8. The number of nitrogens with zero attached hydrogens (tertiary/aromatic N) is 7. The highest BCUT2D eigenvalue weighted by Gasteiger charge is 2.38. The van der Waals surface area contributed by atoms with Gasteiger partial charge in [0.15, 0.2) is 5.82 Å². The van der Waals surface area contributed by atoms with Crippen LogP contribution in [0.1, 0.15) is 46.0 Å². The van der Waals surface area contributed by atoms with Crippen molar-refractivity contribution in [2.75, 3.05) is 17.7 Å². The van der Waals surface area contributed by atoms with E-state index in [2.05, 4.69) is 61.1 Å². The van der Waals surface area contributed by atoms with Crippen LogP contribution < -0.4 is 11.1 Å². The van der Waals surface area contributed by atoms with Gasteiger partial charge in [0.05, 0.1) is 35.6 Å². The van der Waals surface area contributed by atoms with Crippen LogP contribution >= 0.6 is 0 Å². The van der Waals surface area contributed by atoms with Crippen molar-refractivity contribution < 1.29 is 9.63 Å². The molecule has 4 rings (SSSR count). The standard InChI is InChI=1S/C24H29N9O2/c1-14(2)24(5,16-6-7-17(26-10-16)15-8-29-22(25)30-9-15)21-31-20(35-33-21)18-11-28-19(12-27-18)32-23(3,4)13-34/h6-12,14,34H,13H2,1-5H3,(H,28,32)(H2,25,29,30). The van der Waals surface area contributed by atoms with Gasteiger partial charge in [0.1, 0.15) is 11.5 Å². The quantitative estimate of drug-likeness (QED) is 0.343. The number of aliphatic hydroxyl groups excluding tert-OH is 1. The Hall–Kier alpha value is -3.99. The molecular formula is C24H29N9O2. The summed E-state index contributed by atoms with van der Waals surface area (Å²) in [6, 6.07) is 3.91. The molecule has 0 aliphatic rings. The molecule has 11 heteroatoms. The summed E-state index contributed by atoms with van der Waals surface area (Å²) >= 11 is 0. The van der Waals surface area contributed by atoms with E-state index >= 15 is 0 Å². The zero-order chi connectivity index (χ0) is 25.2. The van der Waals surface area contributed by atoms with Gasteiger partial charge in [0, 0.05) is 24.2 Å². The van der Waals surface area contributed by atoms with Gasteiger partial charge in [-0.15, -0.1) is 0 Å². The summed E-state index contributed by atoms with van der Waals surface area (Å²) in [5.41, 5.74) is 7.41. The Morgan fingerprint density at radius 1 is 0.943 bits per heavy atom. The van der Waals surface area contributed by atoms with Crippen LogP contribution in [0, 0.1) is 5.92 Å². The summed E-state index contributed by atoms with van der Waals surface area (Å²) in [5, 5.41) is 16.8. The Morgan fingerprint density at radius 2 is 1.66 bits per heavy atom. The summed E-state index contributed by atoms with van der Waals surface area (Å²) in [5.74, 6) is 1.69. The maximum atomic E-state index is 9.43. The molecule has 0 saturated carbocycles. The minimum Gasteiger partial charge on any atom is -0.394 e. The number of pyridine rings is 1. The average Bonchev–Trinajstić information content (AvgIpc) is 3.35. The molecule has 4 aromatic rings. The molecule has 0 radical (unpaired) electrons. The number of aliphatic hydroxyl groups is 1. The molecule has 0 spiro atoms. The molecule has 182 valence electrons. The van der Waals surface area contributed by atoms with Crippen molar-refractivity contribution in [3.63, 3.8) is 0 Å². The third-order valence-electron chi connectivity index (χ3n) is 6.11. The van der Waals surface area contributed by atoms with Crippen molar-refractivity contribution in [1.82, 2.24) is 35.1 Å². The van der Waals surface area contributed by atoms with E-state index in [-0.39, 0.29) is 24.4 Å². The van der Waals surface area contributed by atoms with E-state index in [1.807, 2.05) is 32.2 Å². The van der Waals surface area contributed by atoms with E-state index in [1.165, 1.54) is 0 Å². The first-order valence-electron chi connectivity index (χ1n) is 11.2. The number of anilines is 2. The summed E-state index contributed by atoms with van der Waals surface area (Å²) < 4.78 is 5.56. The summed E-state index contributed by atoms with van der Waals surface area (Å²) in [6.45, 7) is 9.95. The fourth-order valence-corrected chi connectivity index (χ4v) is 3.49. The van der Waals surface area contributed by atoms with Crippen molar-refractivity contribution >= 4 is 11.8 Å². The summed E-state index contributed by atoms with van der Waals surface area (Å²) in [4.78, 5) is 26.1. The van der Waals surface area contributed by atoms with Crippen LogP contribution in [-0.2, 0) is 5.41 Å². The van der Waals surface area contributed by atoms with Crippen LogP contribution in [0.25, 0.3) is 22.8 Å². The van der Waals surface area contributed by atoms with Gasteiger partial charge in [-0.2, -0.15) is 4.98 Å². The lowest BCUT2D eigenvalue weighted by molar-refractivity contribution is 0.234. The summed E-state index contributed by atoms with van der Waals surface area (Å²) in [6.07, 6.45) is 8.23. The number of aromatic nitrogens is 7. The molecule has 1 atom stereocenters. The number of hydrogen-bond acceptors (Lipinski definition) is 11. The molecule has 11 nitrogen and oxygen atoms in total. The lowest BCUT2D eigenvalue weighted by atomic mass is 9.73. The molecule has 4 heterocycles. The van der Waals surface area contributed by atoms with Crippen molar-refractivity contribution in [3.8, 4) is 22.8 Å². The lowest BCUT2D eigenvalue weighted by Gasteiger charge is -2.30. The lowest BCUT2D eigenvalue weighted by Crippen LogP contribution is -2.35. The first-order valence-corrected chi connectivity index (χ1v) is 11.2. The number of nitrogens with one attached hydrogen (secondary N) is 1. The largest absolute Gasteiger partial charge is 0.394 e. The van der Waals surface area contributed by atoms with Crippen molar-refractivity contribution in [2.24, 2.45) is 5.92 Å². The average molecular weight is 476 g/mol. The second kappa shape index (κ2) is 9.34. The molecule has 0 saturated heterocycles. The molecule has 0 aliphatic heterocycles. The monoisotopic (exact) mass is 475 g/mol. The molecule has 4 N–H and O–H groups in total. The maximum absolute atomic E-state index is 9.43. The van der Waals surface area contributed by atoms with Gasteiger partial charge in [-0.3, -0.25) is 4.98 Å². The van der Waals surface area contributed by atoms with Gasteiger partial charge >= 0.3 is 0 Å². The Bertz CT molecular complexity index is 1270. The van der Waals surface area contributed by atoms with Gasteiger partial charge in [0.25, 0.3) is 5.89 Å². The SMILES string of the molecule is CC(C)C(C)(c1ccc(-c2cnc(N)nc2)nc1)c1noc(-c2cnc(NC(C)(C)CO)cn2)n1. The smallest absolute Gasteiger partial charge is 0.278 e. The molecule has 0 aromatic carbocycles.